The van der Waals surface area contributed by atoms with Crippen molar-refractivity contribution in [2.75, 3.05) is 13.1 Å². The predicted molar refractivity (Wildman–Crippen MR) is 122 cm³/mol. The molecule has 9 nitrogen and oxygen atoms in total. The highest BCUT2D eigenvalue weighted by Crippen LogP contribution is 2.18. The zero-order valence-electron chi connectivity index (χ0n) is 19.4. The van der Waals surface area contributed by atoms with Gasteiger partial charge in [0.05, 0.1) is 11.4 Å². The Hall–Kier alpha value is -2.69. The van der Waals surface area contributed by atoms with Gasteiger partial charge >= 0.3 is 5.91 Å². The van der Waals surface area contributed by atoms with Crippen molar-refractivity contribution >= 4 is 21.8 Å². The summed E-state index contributed by atoms with van der Waals surface area (Å²) in [7, 11) is -3.81. The van der Waals surface area contributed by atoms with Crippen molar-refractivity contribution in [1.82, 2.24) is 20.5 Å². The SMILES string of the molecule is CCN(CC)Cc1ccc(C(=O)NNC(=O)c2cc(S(=O)(=O)NC(C)(C)C)ccc2C)o1. The van der Waals surface area contributed by atoms with E-state index in [0.29, 0.717) is 17.9 Å². The summed E-state index contributed by atoms with van der Waals surface area (Å²) in [5, 5.41) is 0. The van der Waals surface area contributed by atoms with Gasteiger partial charge in [-0.3, -0.25) is 25.3 Å². The van der Waals surface area contributed by atoms with Crippen molar-refractivity contribution in [3.8, 4) is 0 Å². The number of aryl methyl sites for hydroxylation is 1. The van der Waals surface area contributed by atoms with Crippen LogP contribution in [-0.2, 0) is 16.6 Å². The molecule has 1 heterocycles. The maximum atomic E-state index is 12.6. The van der Waals surface area contributed by atoms with Gasteiger partial charge in [-0.1, -0.05) is 19.9 Å². The van der Waals surface area contributed by atoms with Gasteiger partial charge in [0.15, 0.2) is 5.76 Å². The van der Waals surface area contributed by atoms with Crippen LogP contribution in [0.1, 0.15) is 66.9 Å². The zero-order chi connectivity index (χ0) is 24.1. The van der Waals surface area contributed by atoms with Crippen LogP contribution in [0.4, 0.5) is 0 Å². The highest BCUT2D eigenvalue weighted by atomic mass is 32.2. The van der Waals surface area contributed by atoms with Gasteiger partial charge in [-0.25, -0.2) is 13.1 Å². The van der Waals surface area contributed by atoms with Crippen molar-refractivity contribution in [2.45, 2.75) is 58.5 Å². The number of carbonyl (C=O) groups is 2. The first kappa shape index (κ1) is 25.6. The minimum atomic E-state index is -3.81. The Morgan fingerprint density at radius 3 is 2.22 bits per heavy atom. The fraction of sp³-hybridized carbons (Fsp3) is 0.455. The Morgan fingerprint density at radius 1 is 1.00 bits per heavy atom. The second-order valence-corrected chi connectivity index (χ2v) is 10.2. The molecule has 0 bridgehead atoms. The molecule has 0 atom stereocenters. The minimum absolute atomic E-state index is 0.0402. The van der Waals surface area contributed by atoms with E-state index >= 15 is 0 Å². The summed E-state index contributed by atoms with van der Waals surface area (Å²) in [4.78, 5) is 27.1. The highest BCUT2D eigenvalue weighted by molar-refractivity contribution is 7.89. The molecule has 3 N–H and O–H groups in total. The van der Waals surface area contributed by atoms with E-state index in [1.807, 2.05) is 13.8 Å². The zero-order valence-corrected chi connectivity index (χ0v) is 20.2. The number of nitrogens with one attached hydrogen (secondary N) is 3. The number of sulfonamides is 1. The maximum Gasteiger partial charge on any atom is 0.305 e. The number of nitrogens with zero attached hydrogens (tertiary/aromatic N) is 1. The molecule has 2 amide bonds. The molecular weight excluding hydrogens is 432 g/mol. The smallest absolute Gasteiger partial charge is 0.305 e. The number of hydrogen-bond acceptors (Lipinski definition) is 6. The number of hydrazine groups is 1. The Bertz CT molecular complexity index is 1070. The van der Waals surface area contributed by atoms with Crippen LogP contribution < -0.4 is 15.6 Å². The molecule has 0 radical (unpaired) electrons. The number of rotatable bonds is 8. The molecule has 0 unspecified atom stereocenters. The van der Waals surface area contributed by atoms with E-state index in [1.54, 1.807) is 39.8 Å². The molecule has 0 saturated carbocycles. The molecular formula is C22H32N4O5S. The van der Waals surface area contributed by atoms with Crippen LogP contribution in [0.25, 0.3) is 0 Å². The molecule has 0 aliphatic heterocycles. The molecule has 0 spiro atoms. The molecule has 0 aliphatic rings. The first-order chi connectivity index (χ1) is 14.9. The Labute approximate surface area is 189 Å². The normalized spacial score (nSPS) is 12.1. The first-order valence-electron chi connectivity index (χ1n) is 10.4. The molecule has 2 rings (SSSR count). The summed E-state index contributed by atoms with van der Waals surface area (Å²) in [6.07, 6.45) is 0. The molecule has 0 saturated heterocycles. The standard InChI is InChI=1S/C22H32N4O5S/c1-7-26(8-2)14-16-10-12-19(31-16)21(28)24-23-20(27)18-13-17(11-9-15(18)3)32(29,30)25-22(4,5)6/h9-13,25H,7-8,14H2,1-6H3,(H,23,27)(H,24,28). The van der Waals surface area contributed by atoms with Gasteiger partial charge in [-0.05, 0) is 70.6 Å². The molecule has 2 aromatic rings. The lowest BCUT2D eigenvalue weighted by molar-refractivity contribution is 0.0828. The van der Waals surface area contributed by atoms with E-state index in [0.717, 1.165) is 13.1 Å². The van der Waals surface area contributed by atoms with Crippen LogP contribution >= 0.6 is 0 Å². The molecule has 10 heteroatoms. The molecule has 0 fully saturated rings. The van der Waals surface area contributed by atoms with Gasteiger partial charge in [0.1, 0.15) is 5.76 Å². The summed E-state index contributed by atoms with van der Waals surface area (Å²) >= 11 is 0. The number of benzene rings is 1. The van der Waals surface area contributed by atoms with Gasteiger partial charge in [0.2, 0.25) is 10.0 Å². The number of hydrogen-bond donors (Lipinski definition) is 3. The summed E-state index contributed by atoms with van der Waals surface area (Å²) in [6.45, 7) is 13.2. The van der Waals surface area contributed by atoms with Gasteiger partial charge < -0.3 is 4.42 Å². The summed E-state index contributed by atoms with van der Waals surface area (Å²) in [6, 6.07) is 7.51. The van der Waals surface area contributed by atoms with E-state index in [4.69, 9.17) is 4.42 Å². The summed E-state index contributed by atoms with van der Waals surface area (Å²) < 4.78 is 33.3. The number of amides is 2. The van der Waals surface area contributed by atoms with Crippen molar-refractivity contribution in [1.29, 1.82) is 0 Å². The summed E-state index contributed by atoms with van der Waals surface area (Å²) in [5.41, 5.74) is 4.63. The van der Waals surface area contributed by atoms with Gasteiger partial charge in [0, 0.05) is 11.1 Å². The lowest BCUT2D eigenvalue weighted by atomic mass is 10.1. The van der Waals surface area contributed by atoms with E-state index in [1.165, 1.54) is 18.2 Å². The monoisotopic (exact) mass is 464 g/mol. The average molecular weight is 465 g/mol. The van der Waals surface area contributed by atoms with E-state index in [2.05, 4.69) is 20.5 Å². The molecule has 0 aliphatic carbocycles. The van der Waals surface area contributed by atoms with Crippen LogP contribution in [0.2, 0.25) is 0 Å². The van der Waals surface area contributed by atoms with Gasteiger partial charge in [-0.2, -0.15) is 0 Å². The van der Waals surface area contributed by atoms with Crippen LogP contribution in [0.15, 0.2) is 39.6 Å². The van der Waals surface area contributed by atoms with Crippen molar-refractivity contribution < 1.29 is 22.4 Å². The highest BCUT2D eigenvalue weighted by Gasteiger charge is 2.24. The van der Waals surface area contributed by atoms with Crippen molar-refractivity contribution in [3.63, 3.8) is 0 Å². The molecule has 1 aromatic heterocycles. The second-order valence-electron chi connectivity index (χ2n) is 8.47. The average Bonchev–Trinajstić information content (AvgIpc) is 3.17. The quantitative estimate of drug-likeness (QED) is 0.517. The van der Waals surface area contributed by atoms with E-state index < -0.39 is 27.4 Å². The third kappa shape index (κ3) is 6.91. The van der Waals surface area contributed by atoms with Crippen LogP contribution in [-0.4, -0.2) is 43.8 Å². The number of furan rings is 1. The second kappa shape index (κ2) is 10.3. The lowest BCUT2D eigenvalue weighted by Gasteiger charge is -2.20. The van der Waals surface area contributed by atoms with E-state index in [9.17, 15) is 18.0 Å². The fourth-order valence-electron chi connectivity index (χ4n) is 2.97. The maximum absolute atomic E-state index is 12.6. The molecule has 1 aromatic carbocycles. The van der Waals surface area contributed by atoms with Crippen LogP contribution in [0.3, 0.4) is 0 Å². The van der Waals surface area contributed by atoms with Gasteiger partial charge in [0.25, 0.3) is 5.91 Å². The van der Waals surface area contributed by atoms with Gasteiger partial charge in [-0.15, -0.1) is 0 Å². The minimum Gasteiger partial charge on any atom is -0.454 e. The lowest BCUT2D eigenvalue weighted by Crippen LogP contribution is -2.42. The fourth-order valence-corrected chi connectivity index (χ4v) is 4.41. The van der Waals surface area contributed by atoms with Crippen molar-refractivity contribution in [2.24, 2.45) is 0 Å². The van der Waals surface area contributed by atoms with Crippen LogP contribution in [0.5, 0.6) is 0 Å². The number of carbonyl (C=O) groups excluding carboxylic acids is 2. The largest absolute Gasteiger partial charge is 0.454 e. The Kier molecular flexibility index (Phi) is 8.22. The molecule has 176 valence electrons. The van der Waals surface area contributed by atoms with Crippen LogP contribution in [0, 0.1) is 6.92 Å². The third-order valence-electron chi connectivity index (χ3n) is 4.65. The first-order valence-corrected chi connectivity index (χ1v) is 11.9. The van der Waals surface area contributed by atoms with E-state index in [-0.39, 0.29) is 16.2 Å². The predicted octanol–water partition coefficient (Wildman–Crippen LogP) is 2.58. The molecule has 32 heavy (non-hydrogen) atoms. The summed E-state index contributed by atoms with van der Waals surface area (Å²) in [5.74, 6) is -0.543. The third-order valence-corrected chi connectivity index (χ3v) is 6.41. The van der Waals surface area contributed by atoms with Crippen molar-refractivity contribution in [3.05, 3.63) is 53.0 Å². The Balaban J connectivity index is 2.08. The topological polar surface area (TPSA) is 121 Å². The Morgan fingerprint density at radius 2 is 1.62 bits per heavy atom.